The number of benzene rings is 2. The van der Waals surface area contributed by atoms with Crippen LogP contribution < -0.4 is 15.6 Å². The van der Waals surface area contributed by atoms with Crippen LogP contribution in [-0.2, 0) is 24.3 Å². The monoisotopic (exact) mass is 447 g/mol. The number of rotatable bonds is 9. The summed E-state index contributed by atoms with van der Waals surface area (Å²) in [5.41, 5.74) is 1.61. The molecule has 4 rings (SSSR count). The Labute approximate surface area is 192 Å². The van der Waals surface area contributed by atoms with Crippen molar-refractivity contribution in [3.05, 3.63) is 70.3 Å². The third kappa shape index (κ3) is 4.74. The Bertz CT molecular complexity index is 1340. The number of nitrogens with zero attached hydrogens (tertiary/aromatic N) is 4. The van der Waals surface area contributed by atoms with Crippen molar-refractivity contribution in [3.8, 4) is 5.75 Å². The number of amides is 1. The van der Waals surface area contributed by atoms with Crippen molar-refractivity contribution >= 4 is 22.6 Å². The Morgan fingerprint density at radius 3 is 2.64 bits per heavy atom. The number of para-hydroxylation sites is 2. The Kier molecular flexibility index (Phi) is 6.72. The largest absolute Gasteiger partial charge is 0.496 e. The van der Waals surface area contributed by atoms with Crippen molar-refractivity contribution < 1.29 is 9.53 Å². The van der Waals surface area contributed by atoms with Gasteiger partial charge in [0.05, 0.1) is 18.0 Å². The van der Waals surface area contributed by atoms with Gasteiger partial charge in [-0.15, -0.1) is 10.2 Å². The summed E-state index contributed by atoms with van der Waals surface area (Å²) >= 11 is 0. The first-order chi connectivity index (χ1) is 16.0. The molecule has 0 spiro atoms. The average molecular weight is 448 g/mol. The highest BCUT2D eigenvalue weighted by atomic mass is 16.5. The molecule has 4 aromatic rings. The molecule has 0 aliphatic rings. The molecule has 2 heterocycles. The summed E-state index contributed by atoms with van der Waals surface area (Å²) in [6.45, 7) is 5.22. The fraction of sp³-hybridized carbons (Fsp3) is 0.360. The predicted molar refractivity (Wildman–Crippen MR) is 127 cm³/mol. The van der Waals surface area contributed by atoms with E-state index in [1.165, 1.54) is 0 Å². The Morgan fingerprint density at radius 2 is 1.85 bits per heavy atom. The van der Waals surface area contributed by atoms with Crippen molar-refractivity contribution in [2.24, 2.45) is 5.92 Å². The highest BCUT2D eigenvalue weighted by molar-refractivity contribution is 5.80. The lowest BCUT2D eigenvalue weighted by molar-refractivity contribution is -0.121. The molecule has 0 aliphatic heterocycles. The minimum absolute atomic E-state index is 0.0627. The number of aromatic nitrogens is 4. The zero-order valence-corrected chi connectivity index (χ0v) is 19.2. The second kappa shape index (κ2) is 9.85. The number of hydrogen-bond donors (Lipinski definition) is 1. The Morgan fingerprint density at radius 1 is 1.09 bits per heavy atom. The smallest absolute Gasteiger partial charge is 0.262 e. The molecule has 172 valence electrons. The molecule has 0 saturated carbocycles. The number of methoxy groups -OCH3 is 1. The Balaban J connectivity index is 1.57. The standard InChI is InChI=1S/C25H29N5O3/c1-17(2)14-15-29-24(32)19-9-5-6-10-20(19)30-22(27-28-25(29)30)12-13-23(31)26-16-18-8-4-7-11-21(18)33-3/h4-11,17H,12-16H2,1-3H3,(H,26,31). The molecule has 0 fully saturated rings. The number of carbonyl (C=O) groups is 1. The van der Waals surface area contributed by atoms with Crippen LogP contribution in [0, 0.1) is 5.92 Å². The minimum atomic E-state index is -0.0879. The van der Waals surface area contributed by atoms with Crippen LogP contribution in [0.4, 0.5) is 0 Å². The summed E-state index contributed by atoms with van der Waals surface area (Å²) in [5, 5.41) is 12.2. The van der Waals surface area contributed by atoms with Crippen molar-refractivity contribution in [1.82, 2.24) is 24.5 Å². The van der Waals surface area contributed by atoms with Crippen LogP contribution in [0.5, 0.6) is 5.75 Å². The lowest BCUT2D eigenvalue weighted by atomic mass is 10.1. The van der Waals surface area contributed by atoms with E-state index in [0.717, 1.165) is 23.3 Å². The molecule has 2 aromatic heterocycles. The van der Waals surface area contributed by atoms with Gasteiger partial charge in [0.25, 0.3) is 5.56 Å². The summed E-state index contributed by atoms with van der Waals surface area (Å²) < 4.78 is 8.94. The Hall–Kier alpha value is -3.68. The summed E-state index contributed by atoms with van der Waals surface area (Å²) in [5.74, 6) is 2.29. The van der Waals surface area contributed by atoms with Crippen molar-refractivity contribution in [1.29, 1.82) is 0 Å². The van der Waals surface area contributed by atoms with Crippen LogP contribution in [-0.4, -0.2) is 32.2 Å². The van der Waals surface area contributed by atoms with Crippen molar-refractivity contribution in [2.75, 3.05) is 7.11 Å². The maximum Gasteiger partial charge on any atom is 0.262 e. The molecule has 0 saturated heterocycles. The molecule has 8 nitrogen and oxygen atoms in total. The van der Waals surface area contributed by atoms with Gasteiger partial charge in [-0.3, -0.25) is 18.6 Å². The molecule has 0 unspecified atom stereocenters. The number of ether oxygens (including phenoxy) is 1. The third-order valence-corrected chi connectivity index (χ3v) is 5.75. The molecule has 0 aliphatic carbocycles. The molecular formula is C25H29N5O3. The fourth-order valence-electron chi connectivity index (χ4n) is 3.92. The van der Waals surface area contributed by atoms with E-state index in [2.05, 4.69) is 29.4 Å². The molecular weight excluding hydrogens is 418 g/mol. The van der Waals surface area contributed by atoms with Crippen molar-refractivity contribution in [2.45, 2.75) is 46.2 Å². The number of aryl methyl sites for hydroxylation is 2. The van der Waals surface area contributed by atoms with E-state index in [0.29, 0.717) is 42.4 Å². The number of hydrogen-bond acceptors (Lipinski definition) is 5. The summed E-state index contributed by atoms with van der Waals surface area (Å²) in [6.07, 6.45) is 1.53. The molecule has 0 bridgehead atoms. The van der Waals surface area contributed by atoms with Crippen LogP contribution >= 0.6 is 0 Å². The van der Waals surface area contributed by atoms with Crippen LogP contribution in [0.25, 0.3) is 16.7 Å². The summed E-state index contributed by atoms with van der Waals surface area (Å²) in [6, 6.07) is 15.1. The van der Waals surface area contributed by atoms with Gasteiger partial charge in [-0.2, -0.15) is 0 Å². The molecule has 33 heavy (non-hydrogen) atoms. The predicted octanol–water partition coefficient (Wildman–Crippen LogP) is 3.35. The zero-order valence-electron chi connectivity index (χ0n) is 19.2. The number of nitrogens with one attached hydrogen (secondary N) is 1. The average Bonchev–Trinajstić information content (AvgIpc) is 3.25. The molecule has 1 amide bonds. The van der Waals surface area contributed by atoms with Gasteiger partial charge in [0.2, 0.25) is 11.7 Å². The van der Waals surface area contributed by atoms with Gasteiger partial charge >= 0.3 is 0 Å². The quantitative estimate of drug-likeness (QED) is 0.425. The topological polar surface area (TPSA) is 90.5 Å². The van der Waals surface area contributed by atoms with Crippen LogP contribution in [0.2, 0.25) is 0 Å². The molecule has 0 atom stereocenters. The van der Waals surface area contributed by atoms with E-state index in [1.54, 1.807) is 11.7 Å². The maximum atomic E-state index is 13.1. The zero-order chi connectivity index (χ0) is 23.4. The summed E-state index contributed by atoms with van der Waals surface area (Å²) in [7, 11) is 1.61. The second-order valence-corrected chi connectivity index (χ2v) is 8.50. The van der Waals surface area contributed by atoms with E-state index >= 15 is 0 Å². The highest BCUT2D eigenvalue weighted by Crippen LogP contribution is 2.18. The van der Waals surface area contributed by atoms with E-state index in [1.807, 2.05) is 52.9 Å². The summed E-state index contributed by atoms with van der Waals surface area (Å²) in [4.78, 5) is 25.7. The van der Waals surface area contributed by atoms with E-state index in [9.17, 15) is 9.59 Å². The normalized spacial score (nSPS) is 11.4. The fourth-order valence-corrected chi connectivity index (χ4v) is 3.92. The van der Waals surface area contributed by atoms with Gasteiger partial charge < -0.3 is 10.1 Å². The molecule has 0 radical (unpaired) electrons. The third-order valence-electron chi connectivity index (χ3n) is 5.75. The van der Waals surface area contributed by atoms with Crippen LogP contribution in [0.1, 0.15) is 38.1 Å². The van der Waals surface area contributed by atoms with Crippen LogP contribution in [0.15, 0.2) is 53.3 Å². The van der Waals surface area contributed by atoms with Crippen molar-refractivity contribution in [3.63, 3.8) is 0 Å². The van der Waals surface area contributed by atoms with E-state index in [4.69, 9.17) is 4.74 Å². The van der Waals surface area contributed by atoms with Gasteiger partial charge in [-0.25, -0.2) is 0 Å². The molecule has 2 aromatic carbocycles. The first-order valence-corrected chi connectivity index (χ1v) is 11.2. The SMILES string of the molecule is COc1ccccc1CNC(=O)CCc1nnc2n(CCC(C)C)c(=O)c3ccccc3n12. The van der Waals surface area contributed by atoms with Gasteiger partial charge in [0, 0.05) is 31.5 Å². The molecule has 8 heteroatoms. The number of fused-ring (bicyclic) bond motifs is 3. The van der Waals surface area contributed by atoms with E-state index < -0.39 is 0 Å². The van der Waals surface area contributed by atoms with E-state index in [-0.39, 0.29) is 17.9 Å². The van der Waals surface area contributed by atoms with Crippen LogP contribution in [0.3, 0.4) is 0 Å². The first-order valence-electron chi connectivity index (χ1n) is 11.2. The van der Waals surface area contributed by atoms with Gasteiger partial charge in [-0.05, 0) is 30.5 Å². The lowest BCUT2D eigenvalue weighted by Gasteiger charge is -2.12. The minimum Gasteiger partial charge on any atom is -0.496 e. The van der Waals surface area contributed by atoms with Gasteiger partial charge in [-0.1, -0.05) is 44.2 Å². The lowest BCUT2D eigenvalue weighted by Crippen LogP contribution is -2.25. The van der Waals surface area contributed by atoms with Gasteiger partial charge in [0.1, 0.15) is 11.6 Å². The molecule has 1 N–H and O–H groups in total. The number of carbonyl (C=O) groups excluding carboxylic acids is 1. The maximum absolute atomic E-state index is 13.1. The van der Waals surface area contributed by atoms with Gasteiger partial charge in [0.15, 0.2) is 0 Å². The highest BCUT2D eigenvalue weighted by Gasteiger charge is 2.17. The second-order valence-electron chi connectivity index (χ2n) is 8.50. The first kappa shape index (κ1) is 22.5.